The topological polar surface area (TPSA) is 59.0 Å². The number of nitrogens with zero attached hydrogens (tertiary/aromatic N) is 1. The van der Waals surface area contributed by atoms with E-state index in [-0.39, 0.29) is 18.6 Å². The van der Waals surface area contributed by atoms with Crippen molar-refractivity contribution in [2.45, 2.75) is 26.3 Å². The number of amides is 1. The minimum Gasteiger partial charge on any atom is -0.486 e. The number of para-hydroxylation sites is 1. The minimum absolute atomic E-state index is 0.0643. The van der Waals surface area contributed by atoms with Crippen molar-refractivity contribution >= 4 is 5.91 Å². The lowest BCUT2D eigenvalue weighted by Crippen LogP contribution is -2.38. The molecule has 0 saturated heterocycles. The predicted molar refractivity (Wildman–Crippen MR) is 75.3 cm³/mol. The van der Waals surface area contributed by atoms with Crippen LogP contribution in [0.25, 0.3) is 0 Å². The molecule has 20 heavy (non-hydrogen) atoms. The molecule has 0 fully saturated rings. The van der Waals surface area contributed by atoms with Gasteiger partial charge in [-0.15, -0.1) is 0 Å². The van der Waals surface area contributed by atoms with Crippen LogP contribution in [0.4, 0.5) is 0 Å². The maximum Gasteiger partial charge on any atom is 0.257 e. The van der Waals surface area contributed by atoms with E-state index >= 15 is 0 Å². The zero-order valence-electron chi connectivity index (χ0n) is 12.0. The number of hydrogen-bond donors (Lipinski definition) is 1. The minimum atomic E-state index is -0.0872. The molecule has 110 valence electrons. The predicted octanol–water partition coefficient (Wildman–Crippen LogP) is 1.69. The zero-order valence-corrected chi connectivity index (χ0v) is 12.0. The Morgan fingerprint density at radius 3 is 2.80 bits per heavy atom. The second-order valence-corrected chi connectivity index (χ2v) is 5.00. The summed E-state index contributed by atoms with van der Waals surface area (Å²) in [5.41, 5.74) is 0.522. The molecule has 1 heterocycles. The van der Waals surface area contributed by atoms with Crippen LogP contribution < -0.4 is 9.47 Å². The van der Waals surface area contributed by atoms with Gasteiger partial charge in [0.25, 0.3) is 5.91 Å². The first-order valence-electron chi connectivity index (χ1n) is 6.95. The van der Waals surface area contributed by atoms with Crippen LogP contribution in [-0.2, 0) is 0 Å². The van der Waals surface area contributed by atoms with Gasteiger partial charge in [0.2, 0.25) is 0 Å². The van der Waals surface area contributed by atoms with Crippen molar-refractivity contribution in [3.63, 3.8) is 0 Å². The van der Waals surface area contributed by atoms with Crippen LogP contribution in [0.5, 0.6) is 11.5 Å². The van der Waals surface area contributed by atoms with Crippen molar-refractivity contribution in [1.82, 2.24) is 4.90 Å². The number of hydrogen-bond acceptors (Lipinski definition) is 4. The summed E-state index contributed by atoms with van der Waals surface area (Å²) < 4.78 is 11.1. The molecule has 0 aromatic heterocycles. The second-order valence-electron chi connectivity index (χ2n) is 5.00. The molecular weight excluding hydrogens is 258 g/mol. The van der Waals surface area contributed by atoms with Gasteiger partial charge >= 0.3 is 0 Å². The molecule has 1 aromatic rings. The Labute approximate surface area is 119 Å². The standard InChI is InChI=1S/C15H21NO4/c1-11(2)16(7-4-8-17)15(18)12-5-3-6-13-14(12)20-10-9-19-13/h3,5-6,11,17H,4,7-10H2,1-2H3. The Morgan fingerprint density at radius 1 is 1.35 bits per heavy atom. The molecule has 0 aliphatic carbocycles. The fraction of sp³-hybridized carbons (Fsp3) is 0.533. The number of fused-ring (bicyclic) bond motifs is 1. The number of aliphatic hydroxyl groups excluding tert-OH is 1. The molecule has 1 aromatic carbocycles. The first-order valence-corrected chi connectivity index (χ1v) is 6.95. The van der Waals surface area contributed by atoms with Crippen LogP contribution in [0.15, 0.2) is 18.2 Å². The second kappa shape index (κ2) is 6.61. The number of benzene rings is 1. The Hall–Kier alpha value is -1.75. The molecular formula is C15H21NO4. The Kier molecular flexibility index (Phi) is 4.84. The Balaban J connectivity index is 2.27. The smallest absolute Gasteiger partial charge is 0.257 e. The summed E-state index contributed by atoms with van der Waals surface area (Å²) in [5.74, 6) is 1.06. The molecule has 0 atom stereocenters. The number of carbonyl (C=O) groups excluding carboxylic acids is 1. The van der Waals surface area contributed by atoms with Crippen LogP contribution in [-0.4, -0.2) is 48.3 Å². The molecule has 0 bridgehead atoms. The van der Waals surface area contributed by atoms with Gasteiger partial charge < -0.3 is 19.5 Å². The maximum absolute atomic E-state index is 12.7. The van der Waals surface area contributed by atoms with Crippen LogP contribution >= 0.6 is 0 Å². The van der Waals surface area contributed by atoms with Crippen LogP contribution in [0, 0.1) is 0 Å². The molecule has 1 aliphatic rings. The fourth-order valence-electron chi connectivity index (χ4n) is 2.23. The first-order chi connectivity index (χ1) is 9.65. The van der Waals surface area contributed by atoms with E-state index in [0.29, 0.717) is 43.2 Å². The first kappa shape index (κ1) is 14.7. The summed E-state index contributed by atoms with van der Waals surface area (Å²) in [6.07, 6.45) is 0.566. The van der Waals surface area contributed by atoms with Gasteiger partial charge in [-0.3, -0.25) is 4.79 Å². The highest BCUT2D eigenvalue weighted by Gasteiger charge is 2.25. The van der Waals surface area contributed by atoms with Crippen LogP contribution in [0.1, 0.15) is 30.6 Å². The van der Waals surface area contributed by atoms with Crippen LogP contribution in [0.2, 0.25) is 0 Å². The van der Waals surface area contributed by atoms with E-state index in [4.69, 9.17) is 14.6 Å². The van der Waals surface area contributed by atoms with Gasteiger partial charge in [0.15, 0.2) is 11.5 Å². The van der Waals surface area contributed by atoms with E-state index in [9.17, 15) is 4.79 Å². The van der Waals surface area contributed by atoms with E-state index in [1.54, 1.807) is 23.1 Å². The summed E-state index contributed by atoms with van der Waals surface area (Å²) in [6, 6.07) is 5.42. The van der Waals surface area contributed by atoms with E-state index in [1.165, 1.54) is 0 Å². The molecule has 5 heteroatoms. The largest absolute Gasteiger partial charge is 0.486 e. The highest BCUT2D eigenvalue weighted by molar-refractivity contribution is 5.98. The molecule has 0 saturated carbocycles. The summed E-state index contributed by atoms with van der Waals surface area (Å²) in [4.78, 5) is 14.4. The van der Waals surface area contributed by atoms with Crippen molar-refractivity contribution in [3.8, 4) is 11.5 Å². The van der Waals surface area contributed by atoms with E-state index < -0.39 is 0 Å². The summed E-state index contributed by atoms with van der Waals surface area (Å²) in [6.45, 7) is 5.48. The molecule has 0 unspecified atom stereocenters. The monoisotopic (exact) mass is 279 g/mol. The fourth-order valence-corrected chi connectivity index (χ4v) is 2.23. The molecule has 1 amide bonds. The average molecular weight is 279 g/mol. The number of ether oxygens (including phenoxy) is 2. The summed E-state index contributed by atoms with van der Waals surface area (Å²) in [5, 5.41) is 8.96. The molecule has 5 nitrogen and oxygen atoms in total. The van der Waals surface area contributed by atoms with E-state index in [1.807, 2.05) is 13.8 Å². The zero-order chi connectivity index (χ0) is 14.5. The Bertz CT molecular complexity index is 473. The normalized spacial score (nSPS) is 13.4. The number of aliphatic hydroxyl groups is 1. The van der Waals surface area contributed by atoms with Crippen LogP contribution in [0.3, 0.4) is 0 Å². The molecule has 2 rings (SSSR count). The molecule has 0 radical (unpaired) electrons. The van der Waals surface area contributed by atoms with Crippen molar-refractivity contribution in [2.24, 2.45) is 0 Å². The third-order valence-electron chi connectivity index (χ3n) is 3.24. The SMILES string of the molecule is CC(C)N(CCCO)C(=O)c1cccc2c1OCCO2. The van der Waals surface area contributed by atoms with Crippen molar-refractivity contribution in [1.29, 1.82) is 0 Å². The van der Waals surface area contributed by atoms with Gasteiger partial charge in [0, 0.05) is 19.2 Å². The molecule has 1 aliphatic heterocycles. The van der Waals surface area contributed by atoms with Crippen molar-refractivity contribution < 1.29 is 19.4 Å². The van der Waals surface area contributed by atoms with E-state index in [0.717, 1.165) is 0 Å². The Morgan fingerprint density at radius 2 is 2.10 bits per heavy atom. The van der Waals surface area contributed by atoms with Gasteiger partial charge in [0.05, 0.1) is 5.56 Å². The van der Waals surface area contributed by atoms with Gasteiger partial charge in [0.1, 0.15) is 13.2 Å². The number of rotatable bonds is 5. The number of carbonyl (C=O) groups is 1. The molecule has 0 spiro atoms. The van der Waals surface area contributed by atoms with Gasteiger partial charge in [-0.1, -0.05) is 6.07 Å². The van der Waals surface area contributed by atoms with Crippen molar-refractivity contribution in [3.05, 3.63) is 23.8 Å². The average Bonchev–Trinajstić information content (AvgIpc) is 2.46. The van der Waals surface area contributed by atoms with Gasteiger partial charge in [-0.25, -0.2) is 0 Å². The summed E-state index contributed by atoms with van der Waals surface area (Å²) in [7, 11) is 0. The van der Waals surface area contributed by atoms with Crippen molar-refractivity contribution in [2.75, 3.05) is 26.4 Å². The third-order valence-corrected chi connectivity index (χ3v) is 3.24. The third kappa shape index (κ3) is 3.04. The van der Waals surface area contributed by atoms with Gasteiger partial charge in [-0.2, -0.15) is 0 Å². The quantitative estimate of drug-likeness (QED) is 0.891. The highest BCUT2D eigenvalue weighted by atomic mass is 16.6. The lowest BCUT2D eigenvalue weighted by molar-refractivity contribution is 0.0683. The summed E-state index contributed by atoms with van der Waals surface area (Å²) >= 11 is 0. The lowest BCUT2D eigenvalue weighted by atomic mass is 10.1. The maximum atomic E-state index is 12.7. The van der Waals surface area contributed by atoms with Gasteiger partial charge in [-0.05, 0) is 32.4 Å². The van der Waals surface area contributed by atoms with E-state index in [2.05, 4.69) is 0 Å². The lowest BCUT2D eigenvalue weighted by Gasteiger charge is -2.28. The highest BCUT2D eigenvalue weighted by Crippen LogP contribution is 2.34. The molecule has 1 N–H and O–H groups in total.